The van der Waals surface area contributed by atoms with Crippen LogP contribution in [0.3, 0.4) is 0 Å². The Bertz CT molecular complexity index is 401. The summed E-state index contributed by atoms with van der Waals surface area (Å²) in [5.41, 5.74) is 1.06. The van der Waals surface area contributed by atoms with E-state index >= 15 is 0 Å². The Morgan fingerprint density at radius 1 is 1.11 bits per heavy atom. The maximum Gasteiger partial charge on any atom is 0.247 e. The smallest absolute Gasteiger partial charge is 0.247 e. The van der Waals surface area contributed by atoms with Gasteiger partial charge in [-0.25, -0.2) is 0 Å². The van der Waals surface area contributed by atoms with Crippen molar-refractivity contribution in [1.82, 2.24) is 4.90 Å². The summed E-state index contributed by atoms with van der Waals surface area (Å²) in [6.45, 7) is 8.46. The lowest BCUT2D eigenvalue weighted by Gasteiger charge is -2.33. The average Bonchev–Trinajstić information content (AvgIpc) is 2.45. The van der Waals surface area contributed by atoms with Crippen LogP contribution in [0.2, 0.25) is 0 Å². The van der Waals surface area contributed by atoms with Crippen molar-refractivity contribution in [3.8, 4) is 0 Å². The van der Waals surface area contributed by atoms with Crippen molar-refractivity contribution in [3.63, 3.8) is 0 Å². The molecule has 104 valence electrons. The van der Waals surface area contributed by atoms with E-state index in [2.05, 4.69) is 27.7 Å². The van der Waals surface area contributed by atoms with E-state index in [1.54, 1.807) is 6.08 Å². The molecule has 1 rings (SSSR count). The summed E-state index contributed by atoms with van der Waals surface area (Å²) in [4.78, 5) is 14.3. The van der Waals surface area contributed by atoms with Gasteiger partial charge >= 0.3 is 0 Å². The molecule has 2 atom stereocenters. The molecular formula is C17H25NO. The first-order valence-corrected chi connectivity index (χ1v) is 7.15. The quantitative estimate of drug-likeness (QED) is 0.704. The van der Waals surface area contributed by atoms with Crippen LogP contribution in [-0.2, 0) is 4.79 Å². The first-order chi connectivity index (χ1) is 9.10. The van der Waals surface area contributed by atoms with Gasteiger partial charge in [0.25, 0.3) is 0 Å². The topological polar surface area (TPSA) is 20.3 Å². The number of nitrogens with zero attached hydrogens (tertiary/aromatic N) is 1. The molecule has 2 nitrogen and oxygen atoms in total. The monoisotopic (exact) mass is 259 g/mol. The van der Waals surface area contributed by atoms with E-state index in [1.807, 2.05) is 41.3 Å². The number of hydrogen-bond donors (Lipinski definition) is 0. The lowest BCUT2D eigenvalue weighted by atomic mass is 10.1. The van der Waals surface area contributed by atoms with Gasteiger partial charge in [0, 0.05) is 18.2 Å². The molecule has 0 aliphatic carbocycles. The van der Waals surface area contributed by atoms with Gasteiger partial charge in [-0.05, 0) is 38.3 Å². The fourth-order valence-corrected chi connectivity index (χ4v) is 2.08. The van der Waals surface area contributed by atoms with Gasteiger partial charge in [0.2, 0.25) is 5.91 Å². The van der Waals surface area contributed by atoms with Crippen LogP contribution in [0, 0.1) is 0 Å². The Hall–Kier alpha value is -1.57. The molecule has 1 aromatic carbocycles. The van der Waals surface area contributed by atoms with Gasteiger partial charge < -0.3 is 4.90 Å². The van der Waals surface area contributed by atoms with Crippen LogP contribution in [0.25, 0.3) is 6.08 Å². The van der Waals surface area contributed by atoms with E-state index in [1.165, 1.54) is 0 Å². The summed E-state index contributed by atoms with van der Waals surface area (Å²) < 4.78 is 0. The molecule has 0 aliphatic rings. The second-order valence-electron chi connectivity index (χ2n) is 5.00. The van der Waals surface area contributed by atoms with Crippen LogP contribution in [-0.4, -0.2) is 22.9 Å². The van der Waals surface area contributed by atoms with Gasteiger partial charge in [0.1, 0.15) is 0 Å². The van der Waals surface area contributed by atoms with Gasteiger partial charge in [-0.3, -0.25) is 4.79 Å². The molecule has 0 saturated carbocycles. The third-order valence-corrected chi connectivity index (χ3v) is 3.60. The maximum absolute atomic E-state index is 12.4. The van der Waals surface area contributed by atoms with Gasteiger partial charge in [-0.2, -0.15) is 0 Å². The largest absolute Gasteiger partial charge is 0.334 e. The third kappa shape index (κ3) is 4.55. The Kier molecular flexibility index (Phi) is 6.34. The second kappa shape index (κ2) is 7.78. The molecule has 1 amide bonds. The molecule has 0 heterocycles. The van der Waals surface area contributed by atoms with Crippen molar-refractivity contribution < 1.29 is 4.79 Å². The predicted octanol–water partition coefficient (Wildman–Crippen LogP) is 4.13. The number of rotatable bonds is 6. The molecule has 0 aromatic heterocycles. The summed E-state index contributed by atoms with van der Waals surface area (Å²) in [6.07, 6.45) is 5.54. The Balaban J connectivity index is 2.80. The lowest BCUT2D eigenvalue weighted by molar-refractivity contribution is -0.130. The summed E-state index contributed by atoms with van der Waals surface area (Å²) in [7, 11) is 0. The van der Waals surface area contributed by atoms with Crippen molar-refractivity contribution >= 4 is 12.0 Å². The Morgan fingerprint density at radius 2 is 1.63 bits per heavy atom. The molecule has 0 saturated heterocycles. The molecule has 2 unspecified atom stereocenters. The molecule has 0 aliphatic heterocycles. The predicted molar refractivity (Wildman–Crippen MR) is 81.8 cm³/mol. The SMILES string of the molecule is CCC(C)N(C(=O)/C=C/c1ccccc1)C(C)CC. The summed E-state index contributed by atoms with van der Waals surface area (Å²) in [6, 6.07) is 10.5. The number of amides is 1. The van der Waals surface area contributed by atoms with Gasteiger partial charge in [-0.15, -0.1) is 0 Å². The molecule has 0 radical (unpaired) electrons. The van der Waals surface area contributed by atoms with Crippen LogP contribution in [0.15, 0.2) is 36.4 Å². The zero-order valence-electron chi connectivity index (χ0n) is 12.5. The number of carbonyl (C=O) groups excluding carboxylic acids is 1. The summed E-state index contributed by atoms with van der Waals surface area (Å²) in [5.74, 6) is 0.104. The van der Waals surface area contributed by atoms with E-state index < -0.39 is 0 Å². The van der Waals surface area contributed by atoms with Gasteiger partial charge in [-0.1, -0.05) is 44.2 Å². The number of hydrogen-bond acceptors (Lipinski definition) is 1. The number of carbonyl (C=O) groups is 1. The second-order valence-corrected chi connectivity index (χ2v) is 5.00. The van der Waals surface area contributed by atoms with Crippen molar-refractivity contribution in [1.29, 1.82) is 0 Å². The van der Waals surface area contributed by atoms with Gasteiger partial charge in [0.05, 0.1) is 0 Å². The minimum Gasteiger partial charge on any atom is -0.334 e. The normalized spacial score (nSPS) is 14.3. The summed E-state index contributed by atoms with van der Waals surface area (Å²) >= 11 is 0. The van der Waals surface area contributed by atoms with Crippen LogP contribution in [0.5, 0.6) is 0 Å². The maximum atomic E-state index is 12.4. The average molecular weight is 259 g/mol. The Labute approximate surface area is 117 Å². The molecule has 0 N–H and O–H groups in total. The highest BCUT2D eigenvalue weighted by molar-refractivity contribution is 5.92. The summed E-state index contributed by atoms with van der Waals surface area (Å²) in [5, 5.41) is 0. The molecular weight excluding hydrogens is 234 g/mol. The Morgan fingerprint density at radius 3 is 2.11 bits per heavy atom. The van der Waals surface area contributed by atoms with E-state index in [-0.39, 0.29) is 18.0 Å². The van der Waals surface area contributed by atoms with Crippen molar-refractivity contribution in [2.24, 2.45) is 0 Å². The minimum absolute atomic E-state index is 0.104. The minimum atomic E-state index is 0.104. The van der Waals surface area contributed by atoms with E-state index in [0.717, 1.165) is 18.4 Å². The zero-order chi connectivity index (χ0) is 14.3. The lowest BCUT2D eigenvalue weighted by Crippen LogP contribution is -2.43. The first-order valence-electron chi connectivity index (χ1n) is 7.15. The van der Waals surface area contributed by atoms with Gasteiger partial charge in [0.15, 0.2) is 0 Å². The standard InChI is InChI=1S/C17H25NO/c1-5-14(3)18(15(4)6-2)17(19)13-12-16-10-8-7-9-11-16/h7-15H,5-6H2,1-4H3/b13-12+. The molecule has 0 fully saturated rings. The molecule has 0 bridgehead atoms. The third-order valence-electron chi connectivity index (χ3n) is 3.60. The van der Waals surface area contributed by atoms with Crippen molar-refractivity contribution in [2.75, 3.05) is 0 Å². The molecule has 1 aromatic rings. The molecule has 19 heavy (non-hydrogen) atoms. The highest BCUT2D eigenvalue weighted by Gasteiger charge is 2.21. The van der Waals surface area contributed by atoms with Crippen LogP contribution in [0.1, 0.15) is 46.1 Å². The van der Waals surface area contributed by atoms with Crippen molar-refractivity contribution in [3.05, 3.63) is 42.0 Å². The van der Waals surface area contributed by atoms with Crippen LogP contribution in [0.4, 0.5) is 0 Å². The number of benzene rings is 1. The highest BCUT2D eigenvalue weighted by Crippen LogP contribution is 2.13. The van der Waals surface area contributed by atoms with Crippen LogP contribution >= 0.6 is 0 Å². The molecule has 0 spiro atoms. The molecule has 2 heteroatoms. The van der Waals surface area contributed by atoms with E-state index in [4.69, 9.17) is 0 Å². The van der Waals surface area contributed by atoms with Crippen LogP contribution < -0.4 is 0 Å². The first kappa shape index (κ1) is 15.5. The fourth-order valence-electron chi connectivity index (χ4n) is 2.08. The highest BCUT2D eigenvalue weighted by atomic mass is 16.2. The van der Waals surface area contributed by atoms with E-state index in [9.17, 15) is 4.79 Å². The van der Waals surface area contributed by atoms with E-state index in [0.29, 0.717) is 0 Å². The zero-order valence-corrected chi connectivity index (χ0v) is 12.5. The van der Waals surface area contributed by atoms with Crippen molar-refractivity contribution in [2.45, 2.75) is 52.6 Å². The fraction of sp³-hybridized carbons (Fsp3) is 0.471.